The summed E-state index contributed by atoms with van der Waals surface area (Å²) in [6.45, 7) is 7.23. The van der Waals surface area contributed by atoms with Gasteiger partial charge in [-0.3, -0.25) is 23.7 Å². The average Bonchev–Trinajstić information content (AvgIpc) is 3.81. The van der Waals surface area contributed by atoms with E-state index >= 15 is 4.57 Å². The number of benzene rings is 3. The lowest BCUT2D eigenvalue weighted by Crippen LogP contribution is -2.47. The van der Waals surface area contributed by atoms with Gasteiger partial charge in [0, 0.05) is 23.9 Å². The zero-order valence-electron chi connectivity index (χ0n) is 32.7. The van der Waals surface area contributed by atoms with Gasteiger partial charge in [-0.15, -0.1) is 0 Å². The van der Waals surface area contributed by atoms with E-state index in [9.17, 15) is 14.4 Å². The van der Waals surface area contributed by atoms with Gasteiger partial charge in [0.1, 0.15) is 36.2 Å². The minimum Gasteiger partial charge on any atom is -0.462 e. The lowest BCUT2D eigenvalue weighted by atomic mass is 10.0. The van der Waals surface area contributed by atoms with Gasteiger partial charge < -0.3 is 24.5 Å². The zero-order chi connectivity index (χ0) is 41.2. The molecule has 0 bridgehead atoms. The molecule has 58 heavy (non-hydrogen) atoms. The van der Waals surface area contributed by atoms with Crippen LogP contribution in [0.4, 0.5) is 5.82 Å². The highest BCUT2D eigenvalue weighted by Gasteiger charge is 2.36. The molecule has 6 rings (SSSR count). The van der Waals surface area contributed by atoms with Gasteiger partial charge in [-0.25, -0.2) is 24.9 Å². The molecule has 0 spiro atoms. The first-order chi connectivity index (χ1) is 27.9. The lowest BCUT2D eigenvalue weighted by Gasteiger charge is -2.29. The third-order valence-electron chi connectivity index (χ3n) is 8.89. The van der Waals surface area contributed by atoms with Crippen molar-refractivity contribution in [3.05, 3.63) is 119 Å². The Kier molecular flexibility index (Phi) is 13.7. The SMILES string of the molecule is CC(C)OC(=O)[C@H](Cc1ccccc1)NP(=O)(COCCn1cc(-c2cccc(-c3noc(=O)[nH]3)c2)c2c(N)ncnc21)N[C@H](Cc1ccccc1)C(=O)OC(C)C. The molecule has 3 atom stereocenters. The molecule has 5 N–H and O–H groups in total. The molecular weight excluding hydrogens is 763 g/mol. The molecule has 0 saturated carbocycles. The Labute approximate surface area is 335 Å². The standard InChI is InChI=1S/C41H47N8O8P/c1-26(2)55-39(50)33(20-28-12-7-5-8-13-28)47-58(53,48-34(40(51)56-27(3)4)21-29-14-9-6-10-15-29)25-54-19-18-49-23-32(35-36(42)43-24-44-38(35)49)30-16-11-17-31(22-30)37-45-41(52)57-46-37/h5-17,22-24,26-27,33-34H,18-21,25H2,1-4H3,(H2,42,43,44)(H,45,46,52)(H2,47,48,53)/t33-,34+,58?. The van der Waals surface area contributed by atoms with Crippen molar-refractivity contribution in [1.29, 1.82) is 0 Å². The van der Waals surface area contributed by atoms with Gasteiger partial charge in [-0.05, 0) is 63.3 Å². The van der Waals surface area contributed by atoms with Crippen LogP contribution in [-0.4, -0.2) is 73.9 Å². The summed E-state index contributed by atoms with van der Waals surface area (Å²) in [5.74, 6) is -1.35. The molecule has 6 aromatic rings. The molecule has 0 fully saturated rings. The largest absolute Gasteiger partial charge is 0.462 e. The van der Waals surface area contributed by atoms with E-state index in [2.05, 4.69) is 30.3 Å². The van der Waals surface area contributed by atoms with Gasteiger partial charge in [0.25, 0.3) is 0 Å². The van der Waals surface area contributed by atoms with Gasteiger partial charge in [-0.2, -0.15) is 0 Å². The predicted molar refractivity (Wildman–Crippen MR) is 219 cm³/mol. The topological polar surface area (TPSA) is 219 Å². The highest BCUT2D eigenvalue weighted by atomic mass is 31.2. The third-order valence-corrected chi connectivity index (χ3v) is 10.9. The van der Waals surface area contributed by atoms with Crippen LogP contribution in [0, 0.1) is 0 Å². The fraction of sp³-hybridized carbons (Fsp3) is 0.317. The van der Waals surface area contributed by atoms with Crippen molar-refractivity contribution in [1.82, 2.24) is 34.9 Å². The summed E-state index contributed by atoms with van der Waals surface area (Å²) < 4.78 is 39.1. The molecule has 304 valence electrons. The van der Waals surface area contributed by atoms with Gasteiger partial charge in [0.15, 0.2) is 5.82 Å². The van der Waals surface area contributed by atoms with E-state index in [0.29, 0.717) is 16.6 Å². The van der Waals surface area contributed by atoms with Crippen molar-refractivity contribution in [2.24, 2.45) is 0 Å². The van der Waals surface area contributed by atoms with Crippen LogP contribution in [-0.2, 0) is 47.8 Å². The fourth-order valence-corrected chi connectivity index (χ4v) is 8.40. The van der Waals surface area contributed by atoms with Crippen LogP contribution in [0.5, 0.6) is 0 Å². The summed E-state index contributed by atoms with van der Waals surface area (Å²) in [7, 11) is -3.97. The zero-order valence-corrected chi connectivity index (χ0v) is 33.6. The average molecular weight is 811 g/mol. The lowest BCUT2D eigenvalue weighted by molar-refractivity contribution is -0.150. The second-order valence-corrected chi connectivity index (χ2v) is 16.5. The van der Waals surface area contributed by atoms with Crippen LogP contribution < -0.4 is 21.7 Å². The number of rotatable bonds is 19. The highest BCUT2D eigenvalue weighted by Crippen LogP contribution is 2.39. The quantitative estimate of drug-likeness (QED) is 0.0452. The first-order valence-corrected chi connectivity index (χ1v) is 20.7. The maximum Gasteiger partial charge on any atom is 0.439 e. The summed E-state index contributed by atoms with van der Waals surface area (Å²) in [6.07, 6.45) is 2.26. The summed E-state index contributed by atoms with van der Waals surface area (Å²) in [6, 6.07) is 23.8. The number of H-pyrrole nitrogens is 1. The van der Waals surface area contributed by atoms with Gasteiger partial charge in [0.05, 0.1) is 24.2 Å². The Bertz CT molecular complexity index is 2340. The molecule has 3 aromatic heterocycles. The van der Waals surface area contributed by atoms with Crippen LogP contribution in [0.2, 0.25) is 0 Å². The number of carbonyl (C=O) groups excluding carboxylic acids is 2. The number of aromatic nitrogens is 5. The van der Waals surface area contributed by atoms with Crippen LogP contribution in [0.1, 0.15) is 38.8 Å². The Morgan fingerprint density at radius 2 is 1.43 bits per heavy atom. The van der Waals surface area contributed by atoms with Crippen molar-refractivity contribution in [3.8, 4) is 22.5 Å². The number of hydrogen-bond acceptors (Lipinski definition) is 12. The maximum atomic E-state index is 15.2. The first kappa shape index (κ1) is 41.7. The summed E-state index contributed by atoms with van der Waals surface area (Å²) in [4.78, 5) is 50.0. The van der Waals surface area contributed by atoms with Crippen molar-refractivity contribution >= 4 is 36.2 Å². The van der Waals surface area contributed by atoms with E-state index in [1.807, 2.05) is 89.6 Å². The van der Waals surface area contributed by atoms with Gasteiger partial charge in [-0.1, -0.05) is 84.0 Å². The Balaban J connectivity index is 1.28. The number of nitrogens with one attached hydrogen (secondary N) is 3. The highest BCUT2D eigenvalue weighted by molar-refractivity contribution is 7.59. The molecule has 0 amide bonds. The number of nitrogens with two attached hydrogens (primary N) is 1. The number of nitrogens with zero attached hydrogens (tertiary/aromatic N) is 4. The molecule has 17 heteroatoms. The van der Waals surface area contributed by atoms with E-state index < -0.39 is 55.8 Å². The van der Waals surface area contributed by atoms with Crippen molar-refractivity contribution in [2.45, 2.75) is 71.4 Å². The Hall–Kier alpha value is -5.93. The van der Waals surface area contributed by atoms with Crippen molar-refractivity contribution < 1.29 is 32.9 Å². The van der Waals surface area contributed by atoms with Gasteiger partial charge in [0.2, 0.25) is 7.44 Å². The minimum atomic E-state index is -3.97. The number of fused-ring (bicyclic) bond motifs is 1. The Morgan fingerprint density at radius 3 is 1.98 bits per heavy atom. The number of hydrogen-bond donors (Lipinski definition) is 4. The molecule has 0 aliphatic rings. The maximum absolute atomic E-state index is 15.2. The van der Waals surface area contributed by atoms with Gasteiger partial charge >= 0.3 is 17.7 Å². The van der Waals surface area contributed by atoms with E-state index in [1.165, 1.54) is 6.33 Å². The number of esters is 2. The molecule has 0 aliphatic heterocycles. The van der Waals surface area contributed by atoms with Crippen LogP contribution >= 0.6 is 7.44 Å². The number of nitrogen functional groups attached to an aromatic ring is 1. The second kappa shape index (κ2) is 19.0. The van der Waals surface area contributed by atoms with E-state index in [-0.39, 0.29) is 37.6 Å². The number of aromatic amines is 1. The van der Waals surface area contributed by atoms with Crippen LogP contribution in [0.3, 0.4) is 0 Å². The van der Waals surface area contributed by atoms with E-state index in [0.717, 1.165) is 22.3 Å². The van der Waals surface area contributed by atoms with E-state index in [4.69, 9.17) is 24.5 Å². The molecule has 3 aromatic carbocycles. The van der Waals surface area contributed by atoms with Crippen molar-refractivity contribution in [3.63, 3.8) is 0 Å². The molecule has 0 saturated heterocycles. The van der Waals surface area contributed by atoms with E-state index in [1.54, 1.807) is 33.8 Å². The molecule has 0 radical (unpaired) electrons. The monoisotopic (exact) mass is 810 g/mol. The summed E-state index contributed by atoms with van der Waals surface area (Å²) in [5, 5.41) is 10.5. The molecule has 16 nitrogen and oxygen atoms in total. The van der Waals surface area contributed by atoms with Crippen molar-refractivity contribution in [2.75, 3.05) is 18.7 Å². The number of anilines is 1. The fourth-order valence-electron chi connectivity index (χ4n) is 6.39. The normalized spacial score (nSPS) is 13.7. The molecular formula is C41H47N8O8P. The predicted octanol–water partition coefficient (Wildman–Crippen LogP) is 5.50. The van der Waals surface area contributed by atoms with Crippen LogP contribution in [0.15, 0.2) is 107 Å². The summed E-state index contributed by atoms with van der Waals surface area (Å²) in [5.41, 5.74) is 10.6. The van der Waals surface area contributed by atoms with Crippen LogP contribution in [0.25, 0.3) is 33.5 Å². The smallest absolute Gasteiger partial charge is 0.439 e. The number of ether oxygens (including phenoxy) is 3. The first-order valence-electron chi connectivity index (χ1n) is 18.8. The molecule has 3 heterocycles. The minimum absolute atomic E-state index is 0.0419. The third kappa shape index (κ3) is 10.9. The molecule has 1 unspecified atom stereocenters. The second-order valence-electron chi connectivity index (χ2n) is 14.2. The number of carbonyl (C=O) groups is 2. The Morgan fingerprint density at radius 1 is 0.845 bits per heavy atom. The molecule has 0 aliphatic carbocycles. The summed E-state index contributed by atoms with van der Waals surface area (Å²) >= 11 is 0.